The van der Waals surface area contributed by atoms with Gasteiger partial charge in [0, 0.05) is 11.1 Å². The molecule has 3 nitrogen and oxygen atoms in total. The maximum absolute atomic E-state index is 12.5. The lowest BCUT2D eigenvalue weighted by Gasteiger charge is -2.08. The topological polar surface area (TPSA) is 62.7 Å². The predicted octanol–water partition coefficient (Wildman–Crippen LogP) is 2.71. The van der Waals surface area contributed by atoms with Crippen molar-refractivity contribution in [2.45, 2.75) is 6.18 Å². The average molecular weight is 237 g/mol. The summed E-state index contributed by atoms with van der Waals surface area (Å²) in [7, 11) is 0. The Morgan fingerprint density at radius 3 is 2.53 bits per heavy atom. The van der Waals surface area contributed by atoms with E-state index in [0.717, 1.165) is 12.1 Å². The van der Waals surface area contributed by atoms with E-state index in [9.17, 15) is 13.2 Å². The Kier molecular flexibility index (Phi) is 2.39. The number of pyridine rings is 1. The number of hydrogen-bond donors (Lipinski definition) is 1. The van der Waals surface area contributed by atoms with Crippen molar-refractivity contribution < 1.29 is 13.2 Å². The zero-order valence-electron chi connectivity index (χ0n) is 8.42. The molecule has 0 spiro atoms. The Morgan fingerprint density at radius 1 is 1.24 bits per heavy atom. The van der Waals surface area contributed by atoms with Gasteiger partial charge in [-0.25, -0.2) is 4.98 Å². The molecular formula is C11H6F3N3. The first-order chi connectivity index (χ1) is 7.91. The molecule has 0 radical (unpaired) electrons. The normalized spacial score (nSPS) is 11.4. The van der Waals surface area contributed by atoms with Gasteiger partial charge in [-0.3, -0.25) is 0 Å². The van der Waals surface area contributed by atoms with Gasteiger partial charge < -0.3 is 5.73 Å². The van der Waals surface area contributed by atoms with Crippen molar-refractivity contribution in [3.63, 3.8) is 0 Å². The van der Waals surface area contributed by atoms with Crippen LogP contribution in [-0.4, -0.2) is 4.98 Å². The number of nitrogens with zero attached hydrogens (tertiary/aromatic N) is 2. The van der Waals surface area contributed by atoms with Crippen molar-refractivity contribution in [1.82, 2.24) is 4.98 Å². The van der Waals surface area contributed by atoms with Gasteiger partial charge in [0.25, 0.3) is 0 Å². The second-order valence-electron chi connectivity index (χ2n) is 3.44. The van der Waals surface area contributed by atoms with Crippen LogP contribution >= 0.6 is 0 Å². The largest absolute Gasteiger partial charge is 0.416 e. The van der Waals surface area contributed by atoms with E-state index < -0.39 is 11.7 Å². The van der Waals surface area contributed by atoms with Gasteiger partial charge in [0.15, 0.2) is 0 Å². The first-order valence-corrected chi connectivity index (χ1v) is 4.59. The standard InChI is InChI=1S/C11H6F3N3/c12-11(13,14)6-1-2-10-8(3-6)9(16)4-7(5-15)17-10/h1-4H,(H2,16,17). The SMILES string of the molecule is N#Cc1cc(N)c2cc(C(F)(F)F)ccc2n1. The van der Waals surface area contributed by atoms with E-state index in [1.807, 2.05) is 0 Å². The van der Waals surface area contributed by atoms with Crippen molar-refractivity contribution in [2.24, 2.45) is 0 Å². The number of halogens is 3. The summed E-state index contributed by atoms with van der Waals surface area (Å²) in [4.78, 5) is 3.87. The van der Waals surface area contributed by atoms with Crippen LogP contribution in [0.1, 0.15) is 11.3 Å². The number of aromatic nitrogens is 1. The van der Waals surface area contributed by atoms with Crippen molar-refractivity contribution in [1.29, 1.82) is 5.26 Å². The van der Waals surface area contributed by atoms with Crippen molar-refractivity contribution >= 4 is 16.6 Å². The molecule has 0 bridgehead atoms. The van der Waals surface area contributed by atoms with Crippen molar-refractivity contribution in [3.05, 3.63) is 35.5 Å². The van der Waals surface area contributed by atoms with Crippen molar-refractivity contribution in [2.75, 3.05) is 5.73 Å². The molecule has 1 aromatic carbocycles. The quantitative estimate of drug-likeness (QED) is 0.766. The van der Waals surface area contributed by atoms with Gasteiger partial charge in [-0.05, 0) is 24.3 Å². The summed E-state index contributed by atoms with van der Waals surface area (Å²) in [6.45, 7) is 0. The number of rotatable bonds is 0. The third kappa shape index (κ3) is 1.99. The lowest BCUT2D eigenvalue weighted by atomic mass is 10.1. The molecule has 1 aromatic heterocycles. The zero-order chi connectivity index (χ0) is 12.6. The second kappa shape index (κ2) is 3.63. The Hall–Kier alpha value is -2.29. The molecule has 2 aromatic rings. The average Bonchev–Trinajstić information content (AvgIpc) is 2.27. The number of hydrogen-bond acceptors (Lipinski definition) is 3. The molecule has 0 atom stereocenters. The maximum Gasteiger partial charge on any atom is 0.416 e. The van der Waals surface area contributed by atoms with E-state index in [-0.39, 0.29) is 22.3 Å². The predicted molar refractivity (Wildman–Crippen MR) is 55.9 cm³/mol. The van der Waals surface area contributed by atoms with Crippen LogP contribution in [0.2, 0.25) is 0 Å². The number of nitrogens with two attached hydrogens (primary N) is 1. The molecule has 0 aliphatic carbocycles. The fourth-order valence-corrected chi connectivity index (χ4v) is 1.49. The molecule has 17 heavy (non-hydrogen) atoms. The molecule has 2 rings (SSSR count). The van der Waals surface area contributed by atoms with E-state index in [1.54, 1.807) is 6.07 Å². The number of benzene rings is 1. The fourth-order valence-electron chi connectivity index (χ4n) is 1.49. The number of anilines is 1. The molecule has 0 amide bonds. The second-order valence-corrected chi connectivity index (χ2v) is 3.44. The zero-order valence-corrected chi connectivity index (χ0v) is 8.42. The highest BCUT2D eigenvalue weighted by Crippen LogP contribution is 2.32. The van der Waals surface area contributed by atoms with Crippen LogP contribution in [-0.2, 0) is 6.18 Å². The van der Waals surface area contributed by atoms with Gasteiger partial charge in [0.2, 0.25) is 0 Å². The molecule has 2 N–H and O–H groups in total. The Balaban J connectivity index is 2.72. The van der Waals surface area contributed by atoms with Crippen LogP contribution in [0.25, 0.3) is 10.9 Å². The van der Waals surface area contributed by atoms with Gasteiger partial charge in [-0.2, -0.15) is 18.4 Å². The lowest BCUT2D eigenvalue weighted by Crippen LogP contribution is -2.05. The third-order valence-corrected chi connectivity index (χ3v) is 2.28. The maximum atomic E-state index is 12.5. The van der Waals surface area contributed by atoms with Gasteiger partial charge >= 0.3 is 6.18 Å². The summed E-state index contributed by atoms with van der Waals surface area (Å²) in [6.07, 6.45) is -4.42. The minimum atomic E-state index is -4.42. The van der Waals surface area contributed by atoms with Gasteiger partial charge in [0.05, 0.1) is 11.1 Å². The van der Waals surface area contributed by atoms with E-state index in [0.29, 0.717) is 0 Å². The van der Waals surface area contributed by atoms with Crippen LogP contribution in [0, 0.1) is 11.3 Å². The number of alkyl halides is 3. The minimum Gasteiger partial charge on any atom is -0.398 e. The fraction of sp³-hybridized carbons (Fsp3) is 0.0909. The molecule has 0 saturated heterocycles. The molecule has 0 fully saturated rings. The molecule has 0 saturated carbocycles. The highest BCUT2D eigenvalue weighted by molar-refractivity contribution is 5.91. The summed E-state index contributed by atoms with van der Waals surface area (Å²) in [5, 5.41) is 8.85. The van der Waals surface area contributed by atoms with Gasteiger partial charge in [0.1, 0.15) is 11.8 Å². The molecule has 6 heteroatoms. The Bertz CT molecular complexity index is 626. The highest BCUT2D eigenvalue weighted by Gasteiger charge is 2.30. The summed E-state index contributed by atoms with van der Waals surface area (Å²) < 4.78 is 37.4. The van der Waals surface area contributed by atoms with Crippen LogP contribution in [0.15, 0.2) is 24.3 Å². The molecular weight excluding hydrogens is 231 g/mol. The summed E-state index contributed by atoms with van der Waals surface area (Å²) in [5.41, 5.74) is 5.26. The smallest absolute Gasteiger partial charge is 0.398 e. The van der Waals surface area contributed by atoms with E-state index >= 15 is 0 Å². The third-order valence-electron chi connectivity index (χ3n) is 2.28. The molecule has 0 aliphatic rings. The first kappa shape index (κ1) is 11.2. The van der Waals surface area contributed by atoms with E-state index in [4.69, 9.17) is 11.0 Å². The van der Waals surface area contributed by atoms with Crippen LogP contribution in [0.4, 0.5) is 18.9 Å². The van der Waals surface area contributed by atoms with E-state index in [1.165, 1.54) is 12.1 Å². The van der Waals surface area contributed by atoms with Gasteiger partial charge in [-0.1, -0.05) is 0 Å². The van der Waals surface area contributed by atoms with Crippen LogP contribution < -0.4 is 5.73 Å². The van der Waals surface area contributed by atoms with Crippen LogP contribution in [0.5, 0.6) is 0 Å². The summed E-state index contributed by atoms with van der Waals surface area (Å²) in [6, 6.07) is 6.09. The Morgan fingerprint density at radius 2 is 1.94 bits per heavy atom. The minimum absolute atomic E-state index is 0.0785. The highest BCUT2D eigenvalue weighted by atomic mass is 19.4. The number of nitriles is 1. The lowest BCUT2D eigenvalue weighted by molar-refractivity contribution is -0.137. The number of nitrogen functional groups attached to an aromatic ring is 1. The first-order valence-electron chi connectivity index (χ1n) is 4.59. The van der Waals surface area contributed by atoms with Crippen molar-refractivity contribution in [3.8, 4) is 6.07 Å². The Labute approximate surface area is 94.3 Å². The molecule has 86 valence electrons. The molecule has 0 aliphatic heterocycles. The monoisotopic (exact) mass is 237 g/mol. The van der Waals surface area contributed by atoms with Crippen LogP contribution in [0.3, 0.4) is 0 Å². The van der Waals surface area contributed by atoms with E-state index in [2.05, 4.69) is 4.98 Å². The van der Waals surface area contributed by atoms with Gasteiger partial charge in [-0.15, -0.1) is 0 Å². The molecule has 1 heterocycles. The summed E-state index contributed by atoms with van der Waals surface area (Å²) >= 11 is 0. The number of fused-ring (bicyclic) bond motifs is 1. The summed E-state index contributed by atoms with van der Waals surface area (Å²) in [5.74, 6) is 0. The molecule has 0 unspecified atom stereocenters.